The quantitative estimate of drug-likeness (QED) is 0.554. The van der Waals surface area contributed by atoms with E-state index < -0.39 is 17.7 Å². The summed E-state index contributed by atoms with van der Waals surface area (Å²) in [6.07, 6.45) is 1.11. The fourth-order valence-corrected chi connectivity index (χ4v) is 4.25. The number of halogens is 3. The number of likely N-dealkylation sites (tertiary alicyclic amines) is 1. The maximum Gasteiger partial charge on any atom is 0.416 e. The molecule has 0 N–H and O–H groups in total. The predicted molar refractivity (Wildman–Crippen MR) is 113 cm³/mol. The summed E-state index contributed by atoms with van der Waals surface area (Å²) in [6, 6.07) is 9.14. The predicted octanol–water partition coefficient (Wildman–Crippen LogP) is 5.44. The number of pyridine rings is 1. The number of aryl methyl sites for hydroxylation is 1. The average Bonchev–Trinajstić information content (AvgIpc) is 3.14. The number of amides is 1. The first-order valence-electron chi connectivity index (χ1n) is 10.6. The summed E-state index contributed by atoms with van der Waals surface area (Å²) in [5.41, 5.74) is 2.23. The number of aromatic nitrogens is 2. The van der Waals surface area contributed by atoms with Crippen LogP contribution in [0.3, 0.4) is 0 Å². The molecule has 1 aliphatic rings. The van der Waals surface area contributed by atoms with Crippen molar-refractivity contribution in [3.05, 3.63) is 71.2 Å². The molecule has 164 valence electrons. The van der Waals surface area contributed by atoms with E-state index in [1.807, 2.05) is 34.6 Å². The van der Waals surface area contributed by atoms with Crippen LogP contribution in [-0.2, 0) is 11.0 Å². The van der Waals surface area contributed by atoms with Crippen LogP contribution in [0.25, 0.3) is 5.65 Å². The maximum absolute atomic E-state index is 13.4. The average molecular weight is 429 g/mol. The van der Waals surface area contributed by atoms with Gasteiger partial charge >= 0.3 is 6.18 Å². The molecule has 1 saturated heterocycles. The highest BCUT2D eigenvalue weighted by Crippen LogP contribution is 2.35. The van der Waals surface area contributed by atoms with Crippen LogP contribution in [0, 0.1) is 12.8 Å². The minimum absolute atomic E-state index is 0.0311. The number of alkyl halides is 3. The molecule has 4 nitrogen and oxygen atoms in total. The molecule has 0 spiro atoms. The Kier molecular flexibility index (Phi) is 5.77. The van der Waals surface area contributed by atoms with Crippen molar-refractivity contribution in [3.63, 3.8) is 0 Å². The molecule has 2 aromatic heterocycles. The number of fused-ring (bicyclic) bond motifs is 1. The van der Waals surface area contributed by atoms with Crippen molar-refractivity contribution in [2.45, 2.75) is 45.2 Å². The van der Waals surface area contributed by atoms with Gasteiger partial charge in [0.1, 0.15) is 5.65 Å². The van der Waals surface area contributed by atoms with E-state index in [4.69, 9.17) is 0 Å². The normalized spacial score (nSPS) is 16.6. The van der Waals surface area contributed by atoms with Crippen molar-refractivity contribution in [1.82, 2.24) is 14.3 Å². The summed E-state index contributed by atoms with van der Waals surface area (Å²) >= 11 is 0. The van der Waals surface area contributed by atoms with Gasteiger partial charge in [-0.2, -0.15) is 13.2 Å². The van der Waals surface area contributed by atoms with Crippen LogP contribution in [0.2, 0.25) is 0 Å². The highest BCUT2D eigenvalue weighted by Gasteiger charge is 2.32. The molecule has 1 atom stereocenters. The van der Waals surface area contributed by atoms with E-state index in [-0.39, 0.29) is 12.3 Å². The SMILES string of the molecule is Cc1ccn2c(C(CC(=O)N3CCC(C)CC3)c3cccc(C(F)(F)F)c3)cnc2c1. The third-order valence-corrected chi connectivity index (χ3v) is 6.19. The van der Waals surface area contributed by atoms with E-state index in [1.165, 1.54) is 6.07 Å². The lowest BCUT2D eigenvalue weighted by Crippen LogP contribution is -2.38. The van der Waals surface area contributed by atoms with E-state index in [2.05, 4.69) is 11.9 Å². The molecular formula is C24H26F3N3O. The van der Waals surface area contributed by atoms with Crippen LogP contribution in [0.5, 0.6) is 0 Å². The highest BCUT2D eigenvalue weighted by atomic mass is 19.4. The summed E-state index contributed by atoms with van der Waals surface area (Å²) < 4.78 is 42.0. The summed E-state index contributed by atoms with van der Waals surface area (Å²) in [6.45, 7) is 5.52. The van der Waals surface area contributed by atoms with Gasteiger partial charge in [0, 0.05) is 37.8 Å². The van der Waals surface area contributed by atoms with Crippen molar-refractivity contribution >= 4 is 11.6 Å². The summed E-state index contributed by atoms with van der Waals surface area (Å²) in [4.78, 5) is 19.4. The Hall–Kier alpha value is -2.83. The van der Waals surface area contributed by atoms with Crippen molar-refractivity contribution in [2.24, 2.45) is 5.92 Å². The zero-order chi connectivity index (χ0) is 22.2. The number of rotatable bonds is 4. The number of hydrogen-bond donors (Lipinski definition) is 0. The summed E-state index contributed by atoms with van der Waals surface area (Å²) in [5.74, 6) is 0.0357. The second-order valence-electron chi connectivity index (χ2n) is 8.56. The monoisotopic (exact) mass is 429 g/mol. The number of nitrogens with zero attached hydrogens (tertiary/aromatic N) is 3. The van der Waals surface area contributed by atoms with Gasteiger partial charge in [0.15, 0.2) is 0 Å². The number of benzene rings is 1. The number of piperidine rings is 1. The number of imidazole rings is 1. The molecule has 4 rings (SSSR count). The van der Waals surface area contributed by atoms with Crippen LogP contribution in [-0.4, -0.2) is 33.3 Å². The third kappa shape index (κ3) is 4.60. The van der Waals surface area contributed by atoms with Crippen molar-refractivity contribution in [1.29, 1.82) is 0 Å². The molecule has 0 aliphatic carbocycles. The number of carbonyl (C=O) groups is 1. The lowest BCUT2D eigenvalue weighted by molar-refractivity contribution is -0.137. The lowest BCUT2D eigenvalue weighted by Gasteiger charge is -2.31. The van der Waals surface area contributed by atoms with Crippen molar-refractivity contribution in [2.75, 3.05) is 13.1 Å². The van der Waals surface area contributed by atoms with E-state index in [0.717, 1.165) is 30.5 Å². The first kappa shape index (κ1) is 21.4. The van der Waals surface area contributed by atoms with Gasteiger partial charge in [0.05, 0.1) is 11.3 Å². The van der Waals surface area contributed by atoms with E-state index in [9.17, 15) is 18.0 Å². The standard InChI is InChI=1S/C24H26F3N3O/c1-16-6-9-29(10-7-16)23(31)14-20(18-4-3-5-19(13-18)24(25,26)27)21-15-28-22-12-17(2)8-11-30(21)22/h3-5,8,11-13,15-16,20H,6-7,9-10,14H2,1-2H3. The third-order valence-electron chi connectivity index (χ3n) is 6.19. The lowest BCUT2D eigenvalue weighted by atomic mass is 9.90. The minimum Gasteiger partial charge on any atom is -0.343 e. The molecule has 31 heavy (non-hydrogen) atoms. The zero-order valence-electron chi connectivity index (χ0n) is 17.7. The van der Waals surface area contributed by atoms with E-state index >= 15 is 0 Å². The summed E-state index contributed by atoms with van der Waals surface area (Å²) in [5, 5.41) is 0. The Balaban J connectivity index is 1.73. The Morgan fingerprint density at radius 2 is 1.94 bits per heavy atom. The van der Waals surface area contributed by atoms with Gasteiger partial charge < -0.3 is 9.30 Å². The molecular weight excluding hydrogens is 403 g/mol. The van der Waals surface area contributed by atoms with Crippen LogP contribution in [0.15, 0.2) is 48.8 Å². The zero-order valence-corrected chi connectivity index (χ0v) is 17.7. The molecule has 0 radical (unpaired) electrons. The Morgan fingerprint density at radius 3 is 2.65 bits per heavy atom. The maximum atomic E-state index is 13.4. The van der Waals surface area contributed by atoms with E-state index in [0.29, 0.717) is 35.9 Å². The van der Waals surface area contributed by atoms with Crippen molar-refractivity contribution < 1.29 is 18.0 Å². The molecule has 1 fully saturated rings. The molecule has 3 aromatic rings. The molecule has 1 aromatic carbocycles. The Morgan fingerprint density at radius 1 is 1.19 bits per heavy atom. The van der Waals surface area contributed by atoms with E-state index in [1.54, 1.807) is 12.3 Å². The summed E-state index contributed by atoms with van der Waals surface area (Å²) in [7, 11) is 0. The van der Waals surface area contributed by atoms with Gasteiger partial charge in [-0.25, -0.2) is 4.98 Å². The molecule has 0 bridgehead atoms. The largest absolute Gasteiger partial charge is 0.416 e. The second kappa shape index (κ2) is 8.36. The van der Waals surface area contributed by atoms with Gasteiger partial charge in [-0.15, -0.1) is 0 Å². The Bertz CT molecular complexity index is 1080. The first-order chi connectivity index (χ1) is 14.7. The molecule has 0 saturated carbocycles. The van der Waals surface area contributed by atoms with Crippen LogP contribution >= 0.6 is 0 Å². The molecule has 7 heteroatoms. The minimum atomic E-state index is -4.44. The fraction of sp³-hybridized carbons (Fsp3) is 0.417. The molecule has 3 heterocycles. The first-order valence-corrected chi connectivity index (χ1v) is 10.6. The number of hydrogen-bond acceptors (Lipinski definition) is 2. The van der Waals surface area contributed by atoms with Crippen molar-refractivity contribution in [3.8, 4) is 0 Å². The van der Waals surface area contributed by atoms with Crippen LogP contribution in [0.1, 0.15) is 54.5 Å². The number of carbonyl (C=O) groups excluding carboxylic acids is 1. The highest BCUT2D eigenvalue weighted by molar-refractivity contribution is 5.78. The smallest absolute Gasteiger partial charge is 0.343 e. The van der Waals surface area contributed by atoms with Gasteiger partial charge in [-0.3, -0.25) is 4.79 Å². The van der Waals surface area contributed by atoms with Gasteiger partial charge in [-0.05, 0) is 55.0 Å². The van der Waals surface area contributed by atoms with Gasteiger partial charge in [-0.1, -0.05) is 25.1 Å². The molecule has 1 aliphatic heterocycles. The van der Waals surface area contributed by atoms with Gasteiger partial charge in [0.2, 0.25) is 5.91 Å². The van der Waals surface area contributed by atoms with Crippen LogP contribution in [0.4, 0.5) is 13.2 Å². The molecule has 1 amide bonds. The van der Waals surface area contributed by atoms with Crippen LogP contribution < -0.4 is 0 Å². The van der Waals surface area contributed by atoms with Gasteiger partial charge in [0.25, 0.3) is 0 Å². The fourth-order valence-electron chi connectivity index (χ4n) is 4.25. The Labute approximate surface area is 179 Å². The topological polar surface area (TPSA) is 37.6 Å². The molecule has 1 unspecified atom stereocenters. The second-order valence-corrected chi connectivity index (χ2v) is 8.56.